The van der Waals surface area contributed by atoms with Crippen LogP contribution in [0.2, 0.25) is 0 Å². The number of nitrogens with one attached hydrogen (secondary N) is 1. The van der Waals surface area contributed by atoms with Crippen LogP contribution in [0.3, 0.4) is 0 Å². The summed E-state index contributed by atoms with van der Waals surface area (Å²) in [6.07, 6.45) is 3.11. The van der Waals surface area contributed by atoms with Crippen molar-refractivity contribution in [1.29, 1.82) is 0 Å². The van der Waals surface area contributed by atoms with Gasteiger partial charge in [-0.2, -0.15) is 5.10 Å². The van der Waals surface area contributed by atoms with Crippen molar-refractivity contribution in [2.24, 2.45) is 10.8 Å². The minimum atomic E-state index is -0.789. The summed E-state index contributed by atoms with van der Waals surface area (Å²) >= 11 is 1.47. The number of aryl methyl sites for hydroxylation is 2. The Labute approximate surface area is 152 Å². The third-order valence-electron chi connectivity index (χ3n) is 4.41. The summed E-state index contributed by atoms with van der Waals surface area (Å²) in [5.74, 6) is -1.41. The Hall–Kier alpha value is -2.81. The van der Waals surface area contributed by atoms with Gasteiger partial charge < -0.3 is 5.73 Å². The number of primary amides is 1. The summed E-state index contributed by atoms with van der Waals surface area (Å²) in [5, 5.41) is 8.89. The molecular weight excluding hydrogens is 357 g/mol. The van der Waals surface area contributed by atoms with Gasteiger partial charge >= 0.3 is 0 Å². The molecule has 2 heterocycles. The van der Waals surface area contributed by atoms with Crippen LogP contribution in [0.25, 0.3) is 0 Å². The molecule has 1 aliphatic heterocycles. The number of nitrogens with two attached hydrogens (primary N) is 1. The van der Waals surface area contributed by atoms with Crippen molar-refractivity contribution in [3.05, 3.63) is 40.7 Å². The van der Waals surface area contributed by atoms with E-state index in [4.69, 9.17) is 5.73 Å². The van der Waals surface area contributed by atoms with Crippen molar-refractivity contribution in [2.75, 3.05) is 10.3 Å². The largest absolute Gasteiger partial charge is 0.368 e. The van der Waals surface area contributed by atoms with E-state index in [2.05, 4.69) is 15.4 Å². The van der Waals surface area contributed by atoms with E-state index in [-0.39, 0.29) is 12.1 Å². The molecule has 0 radical (unpaired) electrons. The first kappa shape index (κ1) is 16.6. The molecule has 1 aromatic carbocycles. The molecule has 1 aromatic heterocycles. The van der Waals surface area contributed by atoms with Crippen molar-refractivity contribution < 1.29 is 14.0 Å². The van der Waals surface area contributed by atoms with E-state index < -0.39 is 23.7 Å². The van der Waals surface area contributed by atoms with Gasteiger partial charge in [0.1, 0.15) is 17.6 Å². The van der Waals surface area contributed by atoms with Crippen LogP contribution in [0.1, 0.15) is 23.4 Å². The summed E-state index contributed by atoms with van der Waals surface area (Å²) in [7, 11) is 0. The zero-order valence-electron chi connectivity index (χ0n) is 13.7. The van der Waals surface area contributed by atoms with Gasteiger partial charge in [0.2, 0.25) is 5.91 Å². The summed E-state index contributed by atoms with van der Waals surface area (Å²) < 4.78 is 13.1. The van der Waals surface area contributed by atoms with Crippen LogP contribution in [0.4, 0.5) is 15.2 Å². The summed E-state index contributed by atoms with van der Waals surface area (Å²) in [5.41, 5.74) is 7.17. The van der Waals surface area contributed by atoms with Gasteiger partial charge in [-0.05, 0) is 43.5 Å². The molecule has 2 aromatic rings. The highest BCUT2D eigenvalue weighted by atomic mass is 32.1. The standard InChI is InChI=1S/C17H16FN5O2S/c18-9-4-6-10(7-5-9)23-13(15(19)24)8-12(22-23)16(25)21-17-20-11-2-1-3-14(11)26-17/h4-7,13H,1-3,8H2,(H2,19,24)(H,20,21,25)/t13-/m0/s1. The van der Waals surface area contributed by atoms with Gasteiger partial charge in [-0.15, -0.1) is 11.3 Å². The van der Waals surface area contributed by atoms with E-state index in [9.17, 15) is 14.0 Å². The fraction of sp³-hybridized carbons (Fsp3) is 0.294. The van der Waals surface area contributed by atoms with Crippen LogP contribution in [0.5, 0.6) is 0 Å². The number of benzene rings is 1. The molecule has 3 N–H and O–H groups in total. The first-order chi connectivity index (χ1) is 12.5. The van der Waals surface area contributed by atoms with Crippen LogP contribution < -0.4 is 16.1 Å². The van der Waals surface area contributed by atoms with E-state index in [0.717, 1.165) is 25.0 Å². The fourth-order valence-corrected chi connectivity index (χ4v) is 4.16. The molecule has 7 nitrogen and oxygen atoms in total. The molecule has 0 unspecified atom stereocenters. The number of anilines is 2. The van der Waals surface area contributed by atoms with E-state index in [1.54, 1.807) is 0 Å². The van der Waals surface area contributed by atoms with Crippen molar-refractivity contribution in [2.45, 2.75) is 31.7 Å². The molecule has 0 bridgehead atoms. The number of thiazole rings is 1. The van der Waals surface area contributed by atoms with E-state index in [1.165, 1.54) is 45.5 Å². The Morgan fingerprint density at radius 3 is 2.73 bits per heavy atom. The second-order valence-corrected chi connectivity index (χ2v) is 7.27. The topological polar surface area (TPSA) is 101 Å². The summed E-state index contributed by atoms with van der Waals surface area (Å²) in [6.45, 7) is 0. The number of amides is 2. The predicted molar refractivity (Wildman–Crippen MR) is 96.7 cm³/mol. The van der Waals surface area contributed by atoms with Crippen LogP contribution in [0.15, 0.2) is 29.4 Å². The van der Waals surface area contributed by atoms with Gasteiger partial charge in [-0.3, -0.25) is 19.9 Å². The molecule has 1 atom stereocenters. The Bertz CT molecular complexity index is 887. The molecule has 0 saturated heterocycles. The van der Waals surface area contributed by atoms with Crippen LogP contribution >= 0.6 is 11.3 Å². The maximum Gasteiger partial charge on any atom is 0.273 e. The molecule has 0 fully saturated rings. The summed E-state index contributed by atoms with van der Waals surface area (Å²) in [4.78, 5) is 29.9. The molecule has 9 heteroatoms. The molecule has 134 valence electrons. The van der Waals surface area contributed by atoms with Gasteiger partial charge in [-0.25, -0.2) is 9.37 Å². The number of fused-ring (bicyclic) bond motifs is 1. The molecule has 0 saturated carbocycles. The third-order valence-corrected chi connectivity index (χ3v) is 5.48. The molecule has 1 aliphatic carbocycles. The Balaban J connectivity index is 1.54. The SMILES string of the molecule is NC(=O)[C@@H]1CC(C(=O)Nc2nc3c(s2)CCC3)=NN1c1ccc(F)cc1. The van der Waals surface area contributed by atoms with Crippen LogP contribution in [-0.4, -0.2) is 28.6 Å². The Morgan fingerprint density at radius 2 is 2.04 bits per heavy atom. The lowest BCUT2D eigenvalue weighted by molar-refractivity contribution is -0.119. The lowest BCUT2D eigenvalue weighted by atomic mass is 10.1. The van der Waals surface area contributed by atoms with Gasteiger partial charge in [0.05, 0.1) is 11.4 Å². The lowest BCUT2D eigenvalue weighted by Gasteiger charge is -2.20. The predicted octanol–water partition coefficient (Wildman–Crippen LogP) is 1.83. The van der Waals surface area contributed by atoms with E-state index in [1.807, 2.05) is 0 Å². The number of hydrogen-bond acceptors (Lipinski definition) is 6. The van der Waals surface area contributed by atoms with Gasteiger partial charge in [0, 0.05) is 11.3 Å². The van der Waals surface area contributed by atoms with Gasteiger partial charge in [0.25, 0.3) is 5.91 Å². The lowest BCUT2D eigenvalue weighted by Crippen LogP contribution is -2.39. The Morgan fingerprint density at radius 1 is 1.27 bits per heavy atom. The van der Waals surface area contributed by atoms with Crippen LogP contribution in [0, 0.1) is 5.82 Å². The zero-order valence-corrected chi connectivity index (χ0v) is 14.6. The number of hydrazone groups is 1. The quantitative estimate of drug-likeness (QED) is 0.854. The number of carbonyl (C=O) groups is 2. The van der Waals surface area contributed by atoms with Gasteiger partial charge in [-0.1, -0.05) is 0 Å². The second kappa shape index (κ2) is 6.49. The molecule has 0 spiro atoms. The monoisotopic (exact) mass is 373 g/mol. The third kappa shape index (κ3) is 3.05. The highest BCUT2D eigenvalue weighted by Gasteiger charge is 2.35. The maximum atomic E-state index is 13.1. The second-order valence-electron chi connectivity index (χ2n) is 6.19. The highest BCUT2D eigenvalue weighted by Crippen LogP contribution is 2.31. The number of halogens is 1. The molecule has 26 heavy (non-hydrogen) atoms. The minimum absolute atomic E-state index is 0.0869. The van der Waals surface area contributed by atoms with Crippen molar-refractivity contribution >= 4 is 39.7 Å². The minimum Gasteiger partial charge on any atom is -0.368 e. The molecule has 2 amide bonds. The molecule has 2 aliphatic rings. The molecular formula is C17H16FN5O2S. The number of nitrogens with zero attached hydrogens (tertiary/aromatic N) is 3. The Kier molecular flexibility index (Phi) is 4.15. The smallest absolute Gasteiger partial charge is 0.273 e. The van der Waals surface area contributed by atoms with Crippen molar-refractivity contribution in [3.8, 4) is 0 Å². The number of hydrogen-bond donors (Lipinski definition) is 2. The first-order valence-electron chi connectivity index (χ1n) is 8.23. The van der Waals surface area contributed by atoms with E-state index in [0.29, 0.717) is 10.8 Å². The average Bonchev–Trinajstić information content (AvgIpc) is 3.29. The number of carbonyl (C=O) groups excluding carboxylic acids is 2. The normalized spacial score (nSPS) is 18.6. The number of aromatic nitrogens is 1. The molecule has 4 rings (SSSR count). The van der Waals surface area contributed by atoms with E-state index >= 15 is 0 Å². The van der Waals surface area contributed by atoms with Crippen LogP contribution in [-0.2, 0) is 22.4 Å². The van der Waals surface area contributed by atoms with Crippen molar-refractivity contribution in [1.82, 2.24) is 4.98 Å². The van der Waals surface area contributed by atoms with Crippen molar-refractivity contribution in [3.63, 3.8) is 0 Å². The fourth-order valence-electron chi connectivity index (χ4n) is 3.11. The zero-order chi connectivity index (χ0) is 18.3. The van der Waals surface area contributed by atoms with Gasteiger partial charge in [0.15, 0.2) is 5.13 Å². The number of rotatable bonds is 4. The highest BCUT2D eigenvalue weighted by molar-refractivity contribution is 7.16. The average molecular weight is 373 g/mol. The summed E-state index contributed by atoms with van der Waals surface area (Å²) in [6, 6.07) is 4.71. The maximum absolute atomic E-state index is 13.1. The first-order valence-corrected chi connectivity index (χ1v) is 9.04.